The van der Waals surface area contributed by atoms with Crippen molar-refractivity contribution < 1.29 is 19.4 Å². The van der Waals surface area contributed by atoms with Gasteiger partial charge in [-0.15, -0.1) is 5.10 Å². The molecule has 1 unspecified atom stereocenters. The Balaban J connectivity index is 1.39. The van der Waals surface area contributed by atoms with Gasteiger partial charge in [0, 0.05) is 31.1 Å². The number of hydrogen-bond acceptors (Lipinski definition) is 5. The number of carbonyl (C=O) groups excluding carboxylic acids is 1. The summed E-state index contributed by atoms with van der Waals surface area (Å²) in [6.45, 7) is 6.52. The van der Waals surface area contributed by atoms with Crippen LogP contribution in [0.25, 0.3) is 11.0 Å². The molecule has 0 spiro atoms. The van der Waals surface area contributed by atoms with Crippen molar-refractivity contribution in [2.45, 2.75) is 71.4 Å². The molecule has 0 aliphatic carbocycles. The molecule has 0 saturated carbocycles. The van der Waals surface area contributed by atoms with Crippen LogP contribution in [0.3, 0.4) is 0 Å². The minimum atomic E-state index is -0.857. The number of rotatable bonds is 2. The minimum absolute atomic E-state index is 0.0246. The van der Waals surface area contributed by atoms with Gasteiger partial charge in [-0.2, -0.15) is 0 Å². The predicted octanol–water partition coefficient (Wildman–Crippen LogP) is 5.81. The topological polar surface area (TPSA) is 97.5 Å². The van der Waals surface area contributed by atoms with E-state index < -0.39 is 5.97 Å². The average Bonchev–Trinajstić information content (AvgIpc) is 3.36. The lowest BCUT2D eigenvalue weighted by Crippen LogP contribution is -2.36. The second kappa shape index (κ2) is 11.4. The molecule has 5 aliphatic heterocycles. The van der Waals surface area contributed by atoms with Crippen LogP contribution in [-0.4, -0.2) is 50.0 Å². The fraction of sp³-hybridized carbons (Fsp3) is 0.394. The van der Waals surface area contributed by atoms with Crippen LogP contribution in [-0.2, 0) is 24.3 Å². The Morgan fingerprint density at radius 1 is 0.951 bits per heavy atom. The SMILES string of the molecule is Cc1cc2cc(C)c1C(=O)N1CCc3ccc(cc3C1)C(CC(=O)O)c1ccc3c(c1)nnn3CCCCCCO2. The van der Waals surface area contributed by atoms with Crippen LogP contribution in [0.15, 0.2) is 48.5 Å². The highest BCUT2D eigenvalue weighted by Gasteiger charge is 2.27. The normalized spacial score (nSPS) is 17.9. The maximum absolute atomic E-state index is 13.8. The largest absolute Gasteiger partial charge is 0.494 e. The number of aliphatic carboxylic acids is 1. The van der Waals surface area contributed by atoms with E-state index in [1.54, 1.807) is 0 Å². The fourth-order valence-electron chi connectivity index (χ4n) is 6.35. The van der Waals surface area contributed by atoms with Crippen molar-refractivity contribution in [3.8, 4) is 5.75 Å². The highest BCUT2D eigenvalue weighted by Crippen LogP contribution is 2.33. The summed E-state index contributed by atoms with van der Waals surface area (Å²) in [5.41, 5.74) is 8.41. The van der Waals surface area contributed by atoms with Gasteiger partial charge in [0.2, 0.25) is 0 Å². The summed E-state index contributed by atoms with van der Waals surface area (Å²) in [6.07, 6.45) is 4.79. The Bertz CT molecular complexity index is 1600. The van der Waals surface area contributed by atoms with Crippen LogP contribution < -0.4 is 4.74 Å². The Kier molecular flexibility index (Phi) is 7.47. The Labute approximate surface area is 239 Å². The first-order valence-corrected chi connectivity index (χ1v) is 14.6. The molecule has 1 aromatic heterocycles. The molecular formula is C33H36N4O4. The molecule has 3 aromatic carbocycles. The maximum atomic E-state index is 13.8. The van der Waals surface area contributed by atoms with Crippen molar-refractivity contribution in [3.63, 3.8) is 0 Å². The fourth-order valence-corrected chi connectivity index (χ4v) is 6.35. The molecule has 5 aliphatic rings. The zero-order valence-corrected chi connectivity index (χ0v) is 23.7. The molecule has 9 bridgehead atoms. The van der Waals surface area contributed by atoms with E-state index in [4.69, 9.17) is 4.74 Å². The van der Waals surface area contributed by atoms with Gasteiger partial charge in [0.25, 0.3) is 5.91 Å². The molecule has 41 heavy (non-hydrogen) atoms. The summed E-state index contributed by atoms with van der Waals surface area (Å²) in [4.78, 5) is 27.7. The van der Waals surface area contributed by atoms with Crippen molar-refractivity contribution in [2.24, 2.45) is 0 Å². The zero-order valence-electron chi connectivity index (χ0n) is 23.7. The van der Waals surface area contributed by atoms with E-state index in [0.717, 1.165) is 88.8 Å². The van der Waals surface area contributed by atoms with Crippen LogP contribution in [0.4, 0.5) is 0 Å². The van der Waals surface area contributed by atoms with E-state index in [2.05, 4.69) is 22.4 Å². The van der Waals surface area contributed by atoms with Crippen molar-refractivity contribution in [1.29, 1.82) is 0 Å². The number of benzene rings is 3. The second-order valence-electron chi connectivity index (χ2n) is 11.4. The second-order valence-corrected chi connectivity index (χ2v) is 11.4. The van der Waals surface area contributed by atoms with Gasteiger partial charge in [-0.25, -0.2) is 4.68 Å². The van der Waals surface area contributed by atoms with Crippen LogP contribution in [0, 0.1) is 13.8 Å². The Morgan fingerprint density at radius 2 is 1.71 bits per heavy atom. The summed E-state index contributed by atoms with van der Waals surface area (Å²) in [7, 11) is 0. The number of carboxylic acids is 1. The van der Waals surface area contributed by atoms with Gasteiger partial charge in [-0.05, 0) is 97.2 Å². The summed E-state index contributed by atoms with van der Waals surface area (Å²) >= 11 is 0. The van der Waals surface area contributed by atoms with Crippen molar-refractivity contribution in [1.82, 2.24) is 19.9 Å². The minimum Gasteiger partial charge on any atom is -0.494 e. The third-order valence-corrected chi connectivity index (χ3v) is 8.50. The third-order valence-electron chi connectivity index (χ3n) is 8.50. The first-order chi connectivity index (χ1) is 19.9. The Hall–Kier alpha value is -4.20. The van der Waals surface area contributed by atoms with Crippen molar-refractivity contribution >= 4 is 22.9 Å². The van der Waals surface area contributed by atoms with Crippen molar-refractivity contribution in [2.75, 3.05) is 13.2 Å². The lowest BCUT2D eigenvalue weighted by molar-refractivity contribution is -0.137. The van der Waals surface area contributed by atoms with E-state index in [0.29, 0.717) is 19.7 Å². The number of hydrogen-bond donors (Lipinski definition) is 1. The smallest absolute Gasteiger partial charge is 0.304 e. The number of ether oxygens (including phenoxy) is 1. The molecule has 4 aromatic rings. The highest BCUT2D eigenvalue weighted by molar-refractivity contribution is 5.97. The summed E-state index contributed by atoms with van der Waals surface area (Å²) in [5.74, 6) is -0.362. The van der Waals surface area contributed by atoms with E-state index in [-0.39, 0.29) is 18.2 Å². The molecule has 1 atom stereocenters. The molecule has 212 valence electrons. The van der Waals surface area contributed by atoms with Crippen LogP contribution >= 0.6 is 0 Å². The monoisotopic (exact) mass is 552 g/mol. The average molecular weight is 553 g/mol. The lowest BCUT2D eigenvalue weighted by atomic mass is 9.85. The molecule has 0 fully saturated rings. The van der Waals surface area contributed by atoms with Crippen LogP contribution in [0.5, 0.6) is 5.75 Å². The van der Waals surface area contributed by atoms with Gasteiger partial charge in [0.15, 0.2) is 0 Å². The molecule has 6 heterocycles. The molecule has 9 rings (SSSR count). The quantitative estimate of drug-likeness (QED) is 0.337. The van der Waals surface area contributed by atoms with Gasteiger partial charge in [0.1, 0.15) is 11.3 Å². The predicted molar refractivity (Wildman–Crippen MR) is 156 cm³/mol. The maximum Gasteiger partial charge on any atom is 0.304 e. The number of carboxylic acid groups (broad SMARTS) is 1. The van der Waals surface area contributed by atoms with Crippen LogP contribution in [0.2, 0.25) is 0 Å². The summed E-state index contributed by atoms with van der Waals surface area (Å²) in [5, 5.41) is 18.6. The van der Waals surface area contributed by atoms with E-state index >= 15 is 0 Å². The molecule has 0 radical (unpaired) electrons. The number of carbonyl (C=O) groups is 2. The summed E-state index contributed by atoms with van der Waals surface area (Å²) < 4.78 is 8.01. The van der Waals surface area contributed by atoms with Gasteiger partial charge in [-0.1, -0.05) is 35.9 Å². The zero-order chi connectivity index (χ0) is 28.5. The number of amides is 1. The molecule has 8 heteroatoms. The number of nitrogens with zero attached hydrogens (tertiary/aromatic N) is 4. The summed E-state index contributed by atoms with van der Waals surface area (Å²) in [6, 6.07) is 16.2. The third kappa shape index (κ3) is 5.56. The lowest BCUT2D eigenvalue weighted by Gasteiger charge is -2.31. The van der Waals surface area contributed by atoms with Gasteiger partial charge in [-0.3, -0.25) is 9.59 Å². The Morgan fingerprint density at radius 3 is 2.51 bits per heavy atom. The van der Waals surface area contributed by atoms with Gasteiger partial charge in [0.05, 0.1) is 18.5 Å². The molecule has 1 amide bonds. The van der Waals surface area contributed by atoms with E-state index in [1.165, 1.54) is 5.56 Å². The number of aryl methyl sites for hydroxylation is 3. The number of aromatic nitrogens is 3. The van der Waals surface area contributed by atoms with E-state index in [1.807, 2.05) is 59.8 Å². The van der Waals surface area contributed by atoms with Crippen LogP contribution in [0.1, 0.15) is 81.8 Å². The van der Waals surface area contributed by atoms with Crippen molar-refractivity contribution in [3.05, 3.63) is 87.5 Å². The standard InChI is InChI=1S/C33H36N4O4/c1-21-15-27-16-22(2)32(21)33(40)36-13-11-23-7-8-24(17-26(23)20-36)28(19-31(38)39)25-9-10-30-29(18-25)34-35-37(30)12-5-3-4-6-14-41-27/h7-10,15-18,28H,3-6,11-14,19-20H2,1-2H3,(H,38,39). The van der Waals surface area contributed by atoms with Gasteiger partial charge >= 0.3 is 5.97 Å². The first-order valence-electron chi connectivity index (χ1n) is 14.6. The van der Waals surface area contributed by atoms with E-state index in [9.17, 15) is 14.7 Å². The molecule has 1 N–H and O–H groups in total. The molecule has 8 nitrogen and oxygen atoms in total. The highest BCUT2D eigenvalue weighted by atomic mass is 16.5. The van der Waals surface area contributed by atoms with Gasteiger partial charge < -0.3 is 14.7 Å². The molecular weight excluding hydrogens is 516 g/mol. The first kappa shape index (κ1) is 27.0. The molecule has 0 saturated heterocycles.